The molecule has 0 radical (unpaired) electrons. The van der Waals surface area contributed by atoms with Crippen molar-refractivity contribution >= 4 is 11.6 Å². The Morgan fingerprint density at radius 2 is 1.81 bits per heavy atom. The number of methoxy groups -OCH3 is 3. The van der Waals surface area contributed by atoms with Gasteiger partial charge >= 0.3 is 0 Å². The summed E-state index contributed by atoms with van der Waals surface area (Å²) in [5, 5.41) is 0. The van der Waals surface area contributed by atoms with Crippen molar-refractivity contribution in [2.45, 2.75) is 38.6 Å². The lowest BCUT2D eigenvalue weighted by atomic mass is 9.85. The largest absolute Gasteiger partial charge is 0.497 e. The number of carbonyl (C=O) groups is 1. The van der Waals surface area contributed by atoms with Gasteiger partial charge in [-0.25, -0.2) is 4.98 Å². The SMILES string of the molecule is COc1ccc(C2c3cc(OCCc4ccc(N)c(OC)c4)c(OC)cc3CCN2C(=O)CCc2cocn2)c(C)c1. The number of anilines is 1. The number of nitrogens with two attached hydrogens (primary N) is 1. The summed E-state index contributed by atoms with van der Waals surface area (Å²) in [6, 6.07) is 15.5. The molecular formula is C33H37N3O6. The zero-order valence-corrected chi connectivity index (χ0v) is 24.5. The smallest absolute Gasteiger partial charge is 0.223 e. The maximum Gasteiger partial charge on any atom is 0.223 e. The lowest BCUT2D eigenvalue weighted by molar-refractivity contribution is -0.133. The minimum atomic E-state index is -0.293. The highest BCUT2D eigenvalue weighted by atomic mass is 16.5. The van der Waals surface area contributed by atoms with Gasteiger partial charge in [-0.2, -0.15) is 0 Å². The zero-order valence-electron chi connectivity index (χ0n) is 24.5. The Balaban J connectivity index is 1.46. The Labute approximate surface area is 246 Å². The zero-order chi connectivity index (χ0) is 29.6. The number of amides is 1. The summed E-state index contributed by atoms with van der Waals surface area (Å²) in [6.07, 6.45) is 5.18. The van der Waals surface area contributed by atoms with Crippen LogP contribution in [-0.2, 0) is 24.1 Å². The van der Waals surface area contributed by atoms with Crippen LogP contribution in [0.25, 0.3) is 0 Å². The van der Waals surface area contributed by atoms with Gasteiger partial charge in [0, 0.05) is 25.8 Å². The van der Waals surface area contributed by atoms with Gasteiger partial charge in [0.1, 0.15) is 17.8 Å². The van der Waals surface area contributed by atoms with Gasteiger partial charge in [0.05, 0.1) is 45.4 Å². The molecule has 1 aromatic heterocycles. The maximum atomic E-state index is 13.7. The monoisotopic (exact) mass is 571 g/mol. The van der Waals surface area contributed by atoms with E-state index in [4.69, 9.17) is 29.1 Å². The second-order valence-corrected chi connectivity index (χ2v) is 10.3. The van der Waals surface area contributed by atoms with Gasteiger partial charge in [-0.05, 0) is 77.6 Å². The van der Waals surface area contributed by atoms with Crippen LogP contribution in [0.4, 0.5) is 5.69 Å². The van der Waals surface area contributed by atoms with E-state index in [2.05, 4.69) is 4.98 Å². The molecule has 220 valence electrons. The number of carbonyl (C=O) groups excluding carboxylic acids is 1. The third kappa shape index (κ3) is 6.15. The molecule has 0 aliphatic carbocycles. The maximum absolute atomic E-state index is 13.7. The molecular weight excluding hydrogens is 534 g/mol. The van der Waals surface area contributed by atoms with Crippen LogP contribution in [0.3, 0.4) is 0 Å². The number of hydrogen-bond acceptors (Lipinski definition) is 8. The number of oxazole rings is 1. The lowest BCUT2D eigenvalue weighted by Gasteiger charge is -2.39. The lowest BCUT2D eigenvalue weighted by Crippen LogP contribution is -2.41. The third-order valence-corrected chi connectivity index (χ3v) is 7.77. The normalized spacial score (nSPS) is 14.3. The molecule has 1 unspecified atom stereocenters. The van der Waals surface area contributed by atoms with Gasteiger partial charge in [-0.1, -0.05) is 12.1 Å². The molecule has 42 heavy (non-hydrogen) atoms. The van der Waals surface area contributed by atoms with Crippen LogP contribution in [0.15, 0.2) is 65.6 Å². The molecule has 0 saturated heterocycles. The van der Waals surface area contributed by atoms with E-state index in [1.807, 2.05) is 60.4 Å². The average Bonchev–Trinajstić information content (AvgIpc) is 3.53. The standard InChI is InChI=1S/C33H37N3O6/c1-21-15-25(38-2)7-8-26(21)33-27-18-31(42-14-12-22-5-9-28(34)29(16-22)39-3)30(40-4)17-23(27)11-13-36(33)32(37)10-6-24-19-41-20-35-24/h5,7-9,15-20,33H,6,10-14,34H2,1-4H3. The molecule has 1 atom stereocenters. The van der Waals surface area contributed by atoms with Crippen LogP contribution in [0.2, 0.25) is 0 Å². The van der Waals surface area contributed by atoms with Crippen molar-refractivity contribution in [2.24, 2.45) is 0 Å². The van der Waals surface area contributed by atoms with Gasteiger partial charge in [0.25, 0.3) is 0 Å². The Kier molecular flexibility index (Phi) is 8.85. The molecule has 0 bridgehead atoms. The number of hydrogen-bond donors (Lipinski definition) is 1. The number of nitrogens with zero attached hydrogens (tertiary/aromatic N) is 2. The minimum absolute atomic E-state index is 0.0550. The predicted octanol–water partition coefficient (Wildman–Crippen LogP) is 5.32. The van der Waals surface area contributed by atoms with Gasteiger partial charge < -0.3 is 34.0 Å². The molecule has 3 aromatic carbocycles. The molecule has 0 fully saturated rings. The van der Waals surface area contributed by atoms with Gasteiger partial charge in [-0.15, -0.1) is 0 Å². The molecule has 0 spiro atoms. The predicted molar refractivity (Wildman–Crippen MR) is 159 cm³/mol. The van der Waals surface area contributed by atoms with Crippen molar-refractivity contribution in [3.8, 4) is 23.0 Å². The summed E-state index contributed by atoms with van der Waals surface area (Å²) in [6.45, 7) is 3.06. The molecule has 5 rings (SSSR count). The first-order valence-corrected chi connectivity index (χ1v) is 14.0. The van der Waals surface area contributed by atoms with E-state index in [1.165, 1.54) is 6.39 Å². The van der Waals surface area contributed by atoms with Crippen molar-refractivity contribution in [1.82, 2.24) is 9.88 Å². The van der Waals surface area contributed by atoms with Crippen molar-refractivity contribution in [3.05, 3.63) is 94.7 Å². The second-order valence-electron chi connectivity index (χ2n) is 10.3. The average molecular weight is 572 g/mol. The van der Waals surface area contributed by atoms with Crippen molar-refractivity contribution in [3.63, 3.8) is 0 Å². The molecule has 1 aliphatic heterocycles. The van der Waals surface area contributed by atoms with Crippen molar-refractivity contribution in [1.29, 1.82) is 0 Å². The van der Waals surface area contributed by atoms with Crippen LogP contribution in [-0.4, -0.2) is 50.3 Å². The van der Waals surface area contributed by atoms with E-state index in [0.717, 1.165) is 39.3 Å². The Bertz CT molecular complexity index is 1540. The van der Waals surface area contributed by atoms with Gasteiger partial charge in [0.15, 0.2) is 17.9 Å². The number of rotatable bonds is 11. The number of nitrogen functional groups attached to an aromatic ring is 1. The van der Waals surface area contributed by atoms with E-state index < -0.39 is 0 Å². The number of benzene rings is 3. The molecule has 2 heterocycles. The summed E-state index contributed by atoms with van der Waals surface area (Å²) in [4.78, 5) is 19.8. The fourth-order valence-electron chi connectivity index (χ4n) is 5.51. The van der Waals surface area contributed by atoms with E-state index in [1.54, 1.807) is 27.6 Å². The van der Waals surface area contributed by atoms with Crippen LogP contribution in [0, 0.1) is 6.92 Å². The highest BCUT2D eigenvalue weighted by molar-refractivity contribution is 5.78. The first-order chi connectivity index (χ1) is 20.4. The summed E-state index contributed by atoms with van der Waals surface area (Å²) >= 11 is 0. The summed E-state index contributed by atoms with van der Waals surface area (Å²) in [5.74, 6) is 2.77. The molecule has 9 heteroatoms. The highest BCUT2D eigenvalue weighted by Crippen LogP contribution is 2.43. The Morgan fingerprint density at radius 3 is 2.52 bits per heavy atom. The fraction of sp³-hybridized carbons (Fsp3) is 0.333. The highest BCUT2D eigenvalue weighted by Gasteiger charge is 2.34. The summed E-state index contributed by atoms with van der Waals surface area (Å²) in [5.41, 5.74) is 12.6. The number of aromatic nitrogens is 1. The van der Waals surface area contributed by atoms with Crippen LogP contribution in [0.5, 0.6) is 23.0 Å². The molecule has 1 amide bonds. The molecule has 0 saturated carbocycles. The second kappa shape index (κ2) is 12.9. The number of fused-ring (bicyclic) bond motifs is 1. The van der Waals surface area contributed by atoms with Crippen LogP contribution < -0.4 is 24.7 Å². The molecule has 9 nitrogen and oxygen atoms in total. The minimum Gasteiger partial charge on any atom is -0.497 e. The number of aryl methyl sites for hydroxylation is 2. The van der Waals surface area contributed by atoms with Crippen molar-refractivity contribution in [2.75, 3.05) is 40.2 Å². The summed E-state index contributed by atoms with van der Waals surface area (Å²) in [7, 11) is 4.90. The number of ether oxygens (including phenoxy) is 4. The fourth-order valence-corrected chi connectivity index (χ4v) is 5.51. The first-order valence-electron chi connectivity index (χ1n) is 14.0. The first kappa shape index (κ1) is 28.9. The van der Waals surface area contributed by atoms with E-state index >= 15 is 0 Å². The molecule has 2 N–H and O–H groups in total. The Hall–Kier alpha value is -4.66. The Morgan fingerprint density at radius 1 is 0.976 bits per heavy atom. The molecule has 4 aromatic rings. The summed E-state index contributed by atoms with van der Waals surface area (Å²) < 4.78 is 28.0. The van der Waals surface area contributed by atoms with Gasteiger partial charge in [0.2, 0.25) is 5.91 Å². The van der Waals surface area contributed by atoms with E-state index in [9.17, 15) is 4.79 Å². The van der Waals surface area contributed by atoms with Crippen molar-refractivity contribution < 1.29 is 28.2 Å². The molecule has 1 aliphatic rings. The topological polar surface area (TPSA) is 109 Å². The van der Waals surface area contributed by atoms with Gasteiger partial charge in [-0.3, -0.25) is 4.79 Å². The quantitative estimate of drug-likeness (QED) is 0.241. The third-order valence-electron chi connectivity index (χ3n) is 7.77. The van der Waals surface area contributed by atoms with E-state index in [-0.39, 0.29) is 11.9 Å². The van der Waals surface area contributed by atoms with E-state index in [0.29, 0.717) is 61.8 Å². The van der Waals surface area contributed by atoms with Crippen LogP contribution >= 0.6 is 0 Å². The van der Waals surface area contributed by atoms with Crippen LogP contribution in [0.1, 0.15) is 46.0 Å².